The first-order valence-corrected chi connectivity index (χ1v) is 11.3. The fraction of sp³-hybridized carbons (Fsp3) is 0.440. The maximum atomic E-state index is 12.6. The Morgan fingerprint density at radius 3 is 2.34 bits per heavy atom. The lowest BCUT2D eigenvalue weighted by atomic mass is 10.0. The highest BCUT2D eigenvalue weighted by molar-refractivity contribution is 5.95. The van der Waals surface area contributed by atoms with Crippen molar-refractivity contribution in [2.45, 2.75) is 12.8 Å². The van der Waals surface area contributed by atoms with Crippen molar-refractivity contribution in [3.05, 3.63) is 54.6 Å². The molecular formula is C25H34N4O3. The minimum atomic E-state index is 0.0197. The molecular weight excluding hydrogens is 404 g/mol. The molecule has 0 bridgehead atoms. The van der Waals surface area contributed by atoms with Crippen LogP contribution in [-0.2, 0) is 14.3 Å². The molecule has 0 atom stereocenters. The van der Waals surface area contributed by atoms with Crippen LogP contribution in [0.1, 0.15) is 12.8 Å². The summed E-state index contributed by atoms with van der Waals surface area (Å²) in [6.45, 7) is 5.86. The third-order valence-corrected chi connectivity index (χ3v) is 5.62. The molecule has 2 aromatic carbocycles. The molecule has 0 spiro atoms. The number of nitrogens with one attached hydrogen (secondary N) is 2. The molecule has 1 aliphatic heterocycles. The van der Waals surface area contributed by atoms with Crippen LogP contribution in [0.3, 0.4) is 0 Å². The first kappa shape index (κ1) is 23.9. The first-order valence-electron chi connectivity index (χ1n) is 11.3. The number of ether oxygens (including phenoxy) is 1. The van der Waals surface area contributed by atoms with Gasteiger partial charge in [-0.05, 0) is 18.1 Å². The van der Waals surface area contributed by atoms with E-state index in [1.54, 1.807) is 7.11 Å². The molecule has 0 saturated carbocycles. The molecule has 7 nitrogen and oxygen atoms in total. The van der Waals surface area contributed by atoms with E-state index in [2.05, 4.69) is 20.4 Å². The largest absolute Gasteiger partial charge is 0.385 e. The van der Waals surface area contributed by atoms with E-state index in [1.807, 2.05) is 54.6 Å². The van der Waals surface area contributed by atoms with Gasteiger partial charge in [0.15, 0.2) is 0 Å². The number of nitrogens with zero attached hydrogens (tertiary/aromatic N) is 2. The van der Waals surface area contributed by atoms with Gasteiger partial charge in [0.2, 0.25) is 11.8 Å². The van der Waals surface area contributed by atoms with Crippen LogP contribution < -0.4 is 10.6 Å². The Morgan fingerprint density at radius 2 is 1.59 bits per heavy atom. The van der Waals surface area contributed by atoms with Gasteiger partial charge in [0.25, 0.3) is 0 Å². The molecule has 2 aromatic rings. The molecule has 1 saturated heterocycles. The normalized spacial score (nSPS) is 14.8. The predicted molar refractivity (Wildman–Crippen MR) is 128 cm³/mol. The molecule has 1 heterocycles. The number of rotatable bonds is 11. The summed E-state index contributed by atoms with van der Waals surface area (Å²) >= 11 is 0. The molecule has 7 heteroatoms. The van der Waals surface area contributed by atoms with Gasteiger partial charge in [0.05, 0.1) is 6.54 Å². The summed E-state index contributed by atoms with van der Waals surface area (Å²) in [6.07, 6.45) is 1.27. The zero-order valence-corrected chi connectivity index (χ0v) is 18.9. The van der Waals surface area contributed by atoms with Gasteiger partial charge in [-0.15, -0.1) is 0 Å². The Morgan fingerprint density at radius 1 is 0.906 bits per heavy atom. The van der Waals surface area contributed by atoms with E-state index >= 15 is 0 Å². The quantitative estimate of drug-likeness (QED) is 0.527. The highest BCUT2D eigenvalue weighted by atomic mass is 16.5. The Kier molecular flexibility index (Phi) is 9.68. The number of carbonyl (C=O) groups is 2. The lowest BCUT2D eigenvalue weighted by molar-refractivity contribution is -0.122. The summed E-state index contributed by atoms with van der Waals surface area (Å²) in [5.41, 5.74) is 2.95. The van der Waals surface area contributed by atoms with E-state index in [-0.39, 0.29) is 11.8 Å². The second kappa shape index (κ2) is 13.0. The predicted octanol–water partition coefficient (Wildman–Crippen LogP) is 2.45. The Bertz CT molecular complexity index is 851. The van der Waals surface area contributed by atoms with Crippen molar-refractivity contribution in [1.29, 1.82) is 0 Å². The van der Waals surface area contributed by atoms with E-state index in [9.17, 15) is 9.59 Å². The average molecular weight is 439 g/mol. The summed E-state index contributed by atoms with van der Waals surface area (Å²) in [5, 5.41) is 6.00. The second-order valence-electron chi connectivity index (χ2n) is 8.02. The Balaban J connectivity index is 1.38. The minimum absolute atomic E-state index is 0.0197. The maximum Gasteiger partial charge on any atom is 0.234 e. The van der Waals surface area contributed by atoms with Crippen molar-refractivity contribution < 1.29 is 14.3 Å². The van der Waals surface area contributed by atoms with Crippen molar-refractivity contribution in [1.82, 2.24) is 15.1 Å². The second-order valence-corrected chi connectivity index (χ2v) is 8.02. The molecule has 0 aromatic heterocycles. The highest BCUT2D eigenvalue weighted by Crippen LogP contribution is 2.27. The number of carbonyl (C=O) groups excluding carboxylic acids is 2. The molecule has 0 aliphatic carbocycles. The lowest BCUT2D eigenvalue weighted by Gasteiger charge is -2.34. The monoisotopic (exact) mass is 438 g/mol. The van der Waals surface area contributed by atoms with Crippen LogP contribution in [0.4, 0.5) is 5.69 Å². The molecule has 0 radical (unpaired) electrons. The number of anilines is 1. The van der Waals surface area contributed by atoms with Crippen LogP contribution in [0.2, 0.25) is 0 Å². The molecule has 0 unspecified atom stereocenters. The number of hydrogen-bond acceptors (Lipinski definition) is 5. The average Bonchev–Trinajstić information content (AvgIpc) is 2.82. The van der Waals surface area contributed by atoms with Crippen molar-refractivity contribution in [3.8, 4) is 11.1 Å². The molecule has 2 amide bonds. The van der Waals surface area contributed by atoms with Crippen molar-refractivity contribution in [2.75, 3.05) is 64.8 Å². The summed E-state index contributed by atoms with van der Waals surface area (Å²) in [5.74, 6) is 0.0808. The smallest absolute Gasteiger partial charge is 0.234 e. The lowest BCUT2D eigenvalue weighted by Crippen LogP contribution is -2.49. The fourth-order valence-electron chi connectivity index (χ4n) is 3.81. The van der Waals surface area contributed by atoms with Crippen LogP contribution in [0.25, 0.3) is 11.1 Å². The number of para-hydroxylation sites is 1. The zero-order valence-electron chi connectivity index (χ0n) is 18.9. The summed E-state index contributed by atoms with van der Waals surface area (Å²) in [6, 6.07) is 18.0. The molecule has 2 N–H and O–H groups in total. The Labute approximate surface area is 190 Å². The van der Waals surface area contributed by atoms with Gasteiger partial charge in [-0.3, -0.25) is 14.5 Å². The third kappa shape index (κ3) is 7.75. The van der Waals surface area contributed by atoms with Gasteiger partial charge in [0, 0.05) is 70.7 Å². The van der Waals surface area contributed by atoms with Gasteiger partial charge in [-0.1, -0.05) is 48.5 Å². The summed E-state index contributed by atoms with van der Waals surface area (Å²) in [7, 11) is 1.66. The van der Waals surface area contributed by atoms with Crippen molar-refractivity contribution in [2.24, 2.45) is 0 Å². The minimum Gasteiger partial charge on any atom is -0.385 e. The fourth-order valence-corrected chi connectivity index (χ4v) is 3.81. The summed E-state index contributed by atoms with van der Waals surface area (Å²) < 4.78 is 4.99. The molecule has 1 aliphatic rings. The van der Waals surface area contributed by atoms with Gasteiger partial charge >= 0.3 is 0 Å². The maximum absolute atomic E-state index is 12.6. The van der Waals surface area contributed by atoms with E-state index < -0.39 is 0 Å². The number of amides is 2. The van der Waals surface area contributed by atoms with Crippen LogP contribution in [0.15, 0.2) is 54.6 Å². The Hall–Kier alpha value is -2.74. The molecule has 32 heavy (non-hydrogen) atoms. The van der Waals surface area contributed by atoms with Crippen LogP contribution >= 0.6 is 0 Å². The van der Waals surface area contributed by atoms with Gasteiger partial charge in [0.1, 0.15) is 0 Å². The SMILES string of the molecule is COCCCNC(=O)CN1CCN(CCC(=O)Nc2ccccc2-c2ccccc2)CC1. The van der Waals surface area contributed by atoms with Crippen molar-refractivity contribution in [3.63, 3.8) is 0 Å². The number of hydrogen-bond donors (Lipinski definition) is 2. The molecule has 1 fully saturated rings. The molecule has 172 valence electrons. The number of piperazine rings is 1. The van der Waals surface area contributed by atoms with Crippen molar-refractivity contribution >= 4 is 17.5 Å². The number of benzene rings is 2. The number of methoxy groups -OCH3 is 1. The third-order valence-electron chi connectivity index (χ3n) is 5.62. The van der Waals surface area contributed by atoms with Crippen LogP contribution in [-0.4, -0.2) is 81.1 Å². The summed E-state index contributed by atoms with van der Waals surface area (Å²) in [4.78, 5) is 29.1. The van der Waals surface area contributed by atoms with Crippen LogP contribution in [0, 0.1) is 0 Å². The highest BCUT2D eigenvalue weighted by Gasteiger charge is 2.19. The van der Waals surface area contributed by atoms with Gasteiger partial charge in [-0.25, -0.2) is 0 Å². The topological polar surface area (TPSA) is 73.9 Å². The van der Waals surface area contributed by atoms with E-state index in [4.69, 9.17) is 4.74 Å². The van der Waals surface area contributed by atoms with E-state index in [1.165, 1.54) is 0 Å². The van der Waals surface area contributed by atoms with E-state index in [0.717, 1.165) is 56.0 Å². The van der Waals surface area contributed by atoms with Crippen LogP contribution in [0.5, 0.6) is 0 Å². The van der Waals surface area contributed by atoms with E-state index in [0.29, 0.717) is 26.1 Å². The molecule has 3 rings (SSSR count). The zero-order chi connectivity index (χ0) is 22.6. The standard InChI is InChI=1S/C25H34N4O3/c1-32-19-7-13-26-25(31)20-29-17-15-28(16-18-29)14-12-24(30)27-23-11-6-5-10-22(23)21-8-3-2-4-9-21/h2-6,8-11H,7,12-20H2,1H3,(H,26,31)(H,27,30). The first-order chi connectivity index (χ1) is 15.7. The van der Waals surface area contributed by atoms with Gasteiger partial charge < -0.3 is 20.3 Å². The van der Waals surface area contributed by atoms with Gasteiger partial charge in [-0.2, -0.15) is 0 Å².